The van der Waals surface area contributed by atoms with E-state index < -0.39 is 0 Å². The molecule has 1 aromatic carbocycles. The summed E-state index contributed by atoms with van der Waals surface area (Å²) in [7, 11) is 0. The Balaban J connectivity index is 1.78. The van der Waals surface area contributed by atoms with E-state index in [0.29, 0.717) is 6.04 Å². The molecule has 82 valence electrons. The third-order valence-corrected chi connectivity index (χ3v) is 3.33. The van der Waals surface area contributed by atoms with E-state index in [0.717, 1.165) is 0 Å². The molecule has 2 nitrogen and oxygen atoms in total. The van der Waals surface area contributed by atoms with Crippen molar-refractivity contribution in [2.24, 2.45) is 0 Å². The van der Waals surface area contributed by atoms with Crippen LogP contribution in [0.2, 0.25) is 0 Å². The monoisotopic (exact) mass is 206 g/mol. The maximum atomic E-state index is 4.18. The molecule has 1 heterocycles. The lowest BCUT2D eigenvalue weighted by molar-refractivity contribution is -0.915. The molecule has 1 aromatic rings. The van der Waals surface area contributed by atoms with Crippen LogP contribution in [0.15, 0.2) is 30.3 Å². The van der Waals surface area contributed by atoms with Crippen molar-refractivity contribution in [3.05, 3.63) is 35.9 Å². The summed E-state index contributed by atoms with van der Waals surface area (Å²) >= 11 is 0. The van der Waals surface area contributed by atoms with Crippen LogP contribution in [-0.2, 0) is 6.42 Å². The third kappa shape index (κ3) is 3.33. The van der Waals surface area contributed by atoms with Crippen molar-refractivity contribution in [3.8, 4) is 0 Å². The molecule has 0 aromatic heterocycles. The van der Waals surface area contributed by atoms with E-state index in [4.69, 9.17) is 0 Å². The molecule has 2 rings (SSSR count). The molecule has 0 bridgehead atoms. The Labute approximate surface area is 92.1 Å². The van der Waals surface area contributed by atoms with Crippen molar-refractivity contribution in [1.82, 2.24) is 0 Å². The normalized spacial score (nSPS) is 26.5. The standard InChI is InChI=1S/C13H20N2/c14-13-7-4-9-15(11-13)10-8-12-5-2-1-3-6-12/h1-3,5-6,13H,4,7-11,14H2/p+2. The first-order valence-corrected chi connectivity index (χ1v) is 6.05. The first-order chi connectivity index (χ1) is 7.34. The molecule has 1 aliphatic rings. The summed E-state index contributed by atoms with van der Waals surface area (Å²) < 4.78 is 0. The first-order valence-electron chi connectivity index (χ1n) is 6.05. The van der Waals surface area contributed by atoms with E-state index in [1.165, 1.54) is 44.5 Å². The maximum Gasteiger partial charge on any atom is 0.134 e. The summed E-state index contributed by atoms with van der Waals surface area (Å²) in [4.78, 5) is 1.74. The van der Waals surface area contributed by atoms with Gasteiger partial charge in [0.25, 0.3) is 0 Å². The Kier molecular flexibility index (Phi) is 3.75. The molecule has 0 saturated carbocycles. The maximum absolute atomic E-state index is 4.18. The van der Waals surface area contributed by atoms with Crippen LogP contribution in [0, 0.1) is 0 Å². The Morgan fingerprint density at radius 1 is 1.27 bits per heavy atom. The van der Waals surface area contributed by atoms with Crippen LogP contribution >= 0.6 is 0 Å². The van der Waals surface area contributed by atoms with Crippen LogP contribution in [0.5, 0.6) is 0 Å². The van der Waals surface area contributed by atoms with Crippen molar-refractivity contribution in [2.45, 2.75) is 25.3 Å². The van der Waals surface area contributed by atoms with Crippen molar-refractivity contribution in [1.29, 1.82) is 0 Å². The molecule has 0 radical (unpaired) electrons. The van der Waals surface area contributed by atoms with Crippen LogP contribution in [-0.4, -0.2) is 25.7 Å². The number of hydrogen-bond acceptors (Lipinski definition) is 0. The summed E-state index contributed by atoms with van der Waals surface area (Å²) in [6.45, 7) is 3.89. The van der Waals surface area contributed by atoms with Crippen LogP contribution in [0.25, 0.3) is 0 Å². The highest BCUT2D eigenvalue weighted by Crippen LogP contribution is 1.98. The molecule has 0 spiro atoms. The number of nitrogens with one attached hydrogen (secondary N) is 1. The second-order valence-electron chi connectivity index (χ2n) is 4.70. The number of piperidine rings is 1. The highest BCUT2D eigenvalue weighted by molar-refractivity contribution is 5.14. The Morgan fingerprint density at radius 2 is 2.07 bits per heavy atom. The Morgan fingerprint density at radius 3 is 2.80 bits per heavy atom. The van der Waals surface area contributed by atoms with Gasteiger partial charge in [0.05, 0.1) is 13.1 Å². The second-order valence-corrected chi connectivity index (χ2v) is 4.70. The lowest BCUT2D eigenvalue weighted by atomic mass is 10.1. The van der Waals surface area contributed by atoms with E-state index in [-0.39, 0.29) is 0 Å². The SMILES string of the molecule is [NH3+]C1CCC[NH+](CCc2ccccc2)C1. The number of quaternary nitrogens is 2. The molecule has 1 aliphatic heterocycles. The molecule has 4 N–H and O–H groups in total. The van der Waals surface area contributed by atoms with Crippen LogP contribution < -0.4 is 10.6 Å². The van der Waals surface area contributed by atoms with E-state index in [9.17, 15) is 0 Å². The molecule has 2 unspecified atom stereocenters. The minimum absolute atomic E-state index is 0.685. The topological polar surface area (TPSA) is 32.1 Å². The quantitative estimate of drug-likeness (QED) is 0.669. The van der Waals surface area contributed by atoms with Crippen LogP contribution in [0.4, 0.5) is 0 Å². The predicted octanol–water partition coefficient (Wildman–Crippen LogP) is -0.482. The molecule has 1 fully saturated rings. The highest BCUT2D eigenvalue weighted by atomic mass is 15.1. The molecular weight excluding hydrogens is 184 g/mol. The van der Waals surface area contributed by atoms with Gasteiger partial charge in [0.1, 0.15) is 12.6 Å². The minimum Gasteiger partial charge on any atom is -0.350 e. The Bertz CT molecular complexity index is 284. The zero-order valence-corrected chi connectivity index (χ0v) is 9.41. The summed E-state index contributed by atoms with van der Waals surface area (Å²) in [5.41, 5.74) is 5.65. The molecule has 15 heavy (non-hydrogen) atoms. The van der Waals surface area contributed by atoms with Gasteiger partial charge >= 0.3 is 0 Å². The van der Waals surface area contributed by atoms with Gasteiger partial charge < -0.3 is 10.6 Å². The molecule has 2 heteroatoms. The van der Waals surface area contributed by atoms with Gasteiger partial charge in [0, 0.05) is 19.3 Å². The second kappa shape index (κ2) is 5.29. The predicted molar refractivity (Wildman–Crippen MR) is 61.6 cm³/mol. The van der Waals surface area contributed by atoms with Crippen molar-refractivity contribution in [3.63, 3.8) is 0 Å². The molecule has 1 saturated heterocycles. The van der Waals surface area contributed by atoms with E-state index in [2.05, 4.69) is 36.1 Å². The number of hydrogen-bond donors (Lipinski definition) is 2. The van der Waals surface area contributed by atoms with Crippen molar-refractivity contribution < 1.29 is 10.6 Å². The molecule has 2 atom stereocenters. The minimum atomic E-state index is 0.685. The summed E-state index contributed by atoms with van der Waals surface area (Å²) in [6.07, 6.45) is 3.90. The van der Waals surface area contributed by atoms with Gasteiger partial charge in [0.15, 0.2) is 0 Å². The summed E-state index contributed by atoms with van der Waals surface area (Å²) in [5.74, 6) is 0. The van der Waals surface area contributed by atoms with Gasteiger partial charge in [-0.3, -0.25) is 0 Å². The van der Waals surface area contributed by atoms with Crippen molar-refractivity contribution >= 4 is 0 Å². The third-order valence-electron chi connectivity index (χ3n) is 3.33. The van der Waals surface area contributed by atoms with Crippen molar-refractivity contribution in [2.75, 3.05) is 19.6 Å². The van der Waals surface area contributed by atoms with Gasteiger partial charge in [-0.1, -0.05) is 30.3 Å². The lowest BCUT2D eigenvalue weighted by Gasteiger charge is -2.25. The van der Waals surface area contributed by atoms with E-state index in [1.807, 2.05) is 0 Å². The Hall–Kier alpha value is -0.860. The number of rotatable bonds is 3. The van der Waals surface area contributed by atoms with Gasteiger partial charge in [0.2, 0.25) is 0 Å². The van der Waals surface area contributed by atoms with Gasteiger partial charge in [-0.2, -0.15) is 0 Å². The average Bonchev–Trinajstić information content (AvgIpc) is 2.28. The molecule has 0 aliphatic carbocycles. The largest absolute Gasteiger partial charge is 0.350 e. The fourth-order valence-electron chi connectivity index (χ4n) is 2.45. The fraction of sp³-hybridized carbons (Fsp3) is 0.538. The lowest BCUT2D eigenvalue weighted by Crippen LogP contribution is -3.15. The van der Waals surface area contributed by atoms with Crippen LogP contribution in [0.3, 0.4) is 0 Å². The highest BCUT2D eigenvalue weighted by Gasteiger charge is 2.21. The van der Waals surface area contributed by atoms with Gasteiger partial charge in [-0.25, -0.2) is 0 Å². The average molecular weight is 206 g/mol. The van der Waals surface area contributed by atoms with Gasteiger partial charge in [-0.15, -0.1) is 0 Å². The van der Waals surface area contributed by atoms with E-state index in [1.54, 1.807) is 4.90 Å². The van der Waals surface area contributed by atoms with Gasteiger partial charge in [-0.05, 0) is 5.56 Å². The number of benzene rings is 1. The summed E-state index contributed by atoms with van der Waals surface area (Å²) in [6, 6.07) is 11.5. The fourth-order valence-corrected chi connectivity index (χ4v) is 2.45. The van der Waals surface area contributed by atoms with Crippen LogP contribution in [0.1, 0.15) is 18.4 Å². The molecular formula is C13H22N2+2. The van der Waals surface area contributed by atoms with E-state index >= 15 is 0 Å². The smallest absolute Gasteiger partial charge is 0.134 e. The summed E-state index contributed by atoms with van der Waals surface area (Å²) in [5, 5.41) is 0. The first kappa shape index (κ1) is 10.7. The zero-order valence-electron chi connectivity index (χ0n) is 9.41. The zero-order chi connectivity index (χ0) is 10.5. The molecule has 0 amide bonds. The number of likely N-dealkylation sites (tertiary alicyclic amines) is 1.